The summed E-state index contributed by atoms with van der Waals surface area (Å²) in [7, 11) is -3.71. The summed E-state index contributed by atoms with van der Waals surface area (Å²) in [4.78, 5) is 3.28. The van der Waals surface area contributed by atoms with Crippen LogP contribution in [0.15, 0.2) is 52.5 Å². The van der Waals surface area contributed by atoms with E-state index in [2.05, 4.69) is 15.3 Å². The van der Waals surface area contributed by atoms with Gasteiger partial charge in [0.15, 0.2) is 0 Å². The van der Waals surface area contributed by atoms with Crippen LogP contribution < -0.4 is 5.32 Å². The molecule has 8 heteroatoms. The van der Waals surface area contributed by atoms with Crippen molar-refractivity contribution in [1.82, 2.24) is 4.31 Å². The van der Waals surface area contributed by atoms with Crippen LogP contribution in [0.3, 0.4) is 0 Å². The number of anilines is 1. The summed E-state index contributed by atoms with van der Waals surface area (Å²) < 4.78 is 27.8. The van der Waals surface area contributed by atoms with Gasteiger partial charge in [-0.25, -0.2) is 8.42 Å². The number of rotatable bonds is 3. The molecule has 0 spiro atoms. The van der Waals surface area contributed by atoms with Gasteiger partial charge in [-0.2, -0.15) is 4.31 Å². The summed E-state index contributed by atoms with van der Waals surface area (Å²) >= 11 is 0. The van der Waals surface area contributed by atoms with Crippen molar-refractivity contribution in [3.8, 4) is 0 Å². The molecule has 4 rings (SSSR count). The summed E-state index contributed by atoms with van der Waals surface area (Å²) in [6, 6.07) is 12.6. The maximum Gasteiger partial charge on any atom is 0.244 e. The molecular weight excluding hydrogens is 350 g/mol. The second kappa shape index (κ2) is 5.74. The van der Waals surface area contributed by atoms with Crippen LogP contribution in [0, 0.1) is 13.8 Å². The lowest BCUT2D eigenvalue weighted by atomic mass is 9.89. The van der Waals surface area contributed by atoms with Crippen molar-refractivity contribution in [1.29, 1.82) is 0 Å². The lowest BCUT2D eigenvalue weighted by Gasteiger charge is -2.28. The standard InChI is InChI=1S/C18H19N5O2S/c1-12-3-6-14(7-4-12)26(24,25)23-10-9-18(21-22-19)15-8-5-13(2)11-16(15)20-17(18)23/h3-8,11,17,20H,9-10H2,1-2H3/t17-,18+/m0/s1. The van der Waals surface area contributed by atoms with Gasteiger partial charge in [-0.15, -0.1) is 0 Å². The molecule has 1 fully saturated rings. The first-order valence-electron chi connectivity index (χ1n) is 8.41. The maximum atomic E-state index is 13.2. The molecule has 1 saturated heterocycles. The van der Waals surface area contributed by atoms with Gasteiger partial charge in [-0.3, -0.25) is 0 Å². The quantitative estimate of drug-likeness (QED) is 0.508. The van der Waals surface area contributed by atoms with Gasteiger partial charge in [0, 0.05) is 17.1 Å². The van der Waals surface area contributed by atoms with Crippen molar-refractivity contribution in [3.05, 3.63) is 69.6 Å². The van der Waals surface area contributed by atoms with Gasteiger partial charge in [0.2, 0.25) is 10.0 Å². The minimum atomic E-state index is -3.71. The number of fused-ring (bicyclic) bond motifs is 3. The maximum absolute atomic E-state index is 13.2. The number of aryl methyl sites for hydroxylation is 2. The Kier molecular flexibility index (Phi) is 3.73. The van der Waals surface area contributed by atoms with Crippen molar-refractivity contribution in [2.45, 2.75) is 36.9 Å². The van der Waals surface area contributed by atoms with Crippen LogP contribution in [0.25, 0.3) is 10.4 Å². The number of nitrogens with zero attached hydrogens (tertiary/aromatic N) is 4. The van der Waals surface area contributed by atoms with Gasteiger partial charge < -0.3 is 5.32 Å². The summed E-state index contributed by atoms with van der Waals surface area (Å²) in [5.74, 6) is 0. The Hall–Kier alpha value is -2.54. The Balaban J connectivity index is 1.81. The van der Waals surface area contributed by atoms with E-state index in [1.54, 1.807) is 24.3 Å². The van der Waals surface area contributed by atoms with E-state index in [0.29, 0.717) is 13.0 Å². The number of sulfonamides is 1. The Morgan fingerprint density at radius 1 is 1.19 bits per heavy atom. The molecule has 0 unspecified atom stereocenters. The van der Waals surface area contributed by atoms with Gasteiger partial charge in [-0.1, -0.05) is 34.9 Å². The lowest BCUT2D eigenvalue weighted by molar-refractivity contribution is 0.349. The molecule has 2 heterocycles. The van der Waals surface area contributed by atoms with Crippen LogP contribution in [0.4, 0.5) is 5.69 Å². The average molecular weight is 369 g/mol. The van der Waals surface area contributed by atoms with Gasteiger partial charge in [0.25, 0.3) is 0 Å². The zero-order chi connectivity index (χ0) is 18.5. The van der Waals surface area contributed by atoms with E-state index in [1.807, 2.05) is 32.0 Å². The summed E-state index contributed by atoms with van der Waals surface area (Å²) in [6.07, 6.45) is -0.183. The highest BCUT2D eigenvalue weighted by Crippen LogP contribution is 2.51. The molecule has 2 aromatic rings. The number of benzene rings is 2. The highest BCUT2D eigenvalue weighted by Gasteiger charge is 2.57. The Labute approximate surface area is 152 Å². The van der Waals surface area contributed by atoms with Crippen LogP contribution in [-0.4, -0.2) is 25.4 Å². The molecule has 2 aliphatic heterocycles. The zero-order valence-corrected chi connectivity index (χ0v) is 15.4. The molecule has 26 heavy (non-hydrogen) atoms. The predicted octanol–water partition coefficient (Wildman–Crippen LogP) is 3.66. The topological polar surface area (TPSA) is 98.2 Å². The third kappa shape index (κ3) is 2.30. The monoisotopic (exact) mass is 369 g/mol. The van der Waals surface area contributed by atoms with Crippen molar-refractivity contribution in [2.24, 2.45) is 5.11 Å². The van der Waals surface area contributed by atoms with Gasteiger partial charge in [0.1, 0.15) is 11.7 Å². The molecule has 0 bridgehead atoms. The molecule has 0 radical (unpaired) electrons. The smallest absolute Gasteiger partial charge is 0.244 e. The zero-order valence-electron chi connectivity index (χ0n) is 14.5. The van der Waals surface area contributed by atoms with E-state index in [0.717, 1.165) is 22.4 Å². The van der Waals surface area contributed by atoms with Crippen LogP contribution in [0.5, 0.6) is 0 Å². The first-order chi connectivity index (χ1) is 12.4. The first kappa shape index (κ1) is 16.9. The van der Waals surface area contributed by atoms with E-state index >= 15 is 0 Å². The van der Waals surface area contributed by atoms with Crippen LogP contribution in [-0.2, 0) is 15.6 Å². The molecule has 2 atom stereocenters. The predicted molar refractivity (Wildman–Crippen MR) is 99.1 cm³/mol. The molecule has 0 aromatic heterocycles. The molecule has 2 aliphatic rings. The van der Waals surface area contributed by atoms with Crippen LogP contribution in [0.1, 0.15) is 23.1 Å². The van der Waals surface area contributed by atoms with Crippen molar-refractivity contribution in [3.63, 3.8) is 0 Å². The molecule has 7 nitrogen and oxygen atoms in total. The van der Waals surface area contributed by atoms with Crippen LogP contribution >= 0.6 is 0 Å². The van der Waals surface area contributed by atoms with E-state index in [4.69, 9.17) is 5.53 Å². The van der Waals surface area contributed by atoms with Gasteiger partial charge in [-0.05, 0) is 55.1 Å². The number of hydrogen-bond donors (Lipinski definition) is 1. The molecule has 134 valence electrons. The van der Waals surface area contributed by atoms with E-state index in [9.17, 15) is 8.42 Å². The van der Waals surface area contributed by atoms with Gasteiger partial charge >= 0.3 is 0 Å². The Morgan fingerprint density at radius 3 is 2.58 bits per heavy atom. The summed E-state index contributed by atoms with van der Waals surface area (Å²) in [5, 5.41) is 7.35. The highest BCUT2D eigenvalue weighted by molar-refractivity contribution is 7.89. The second-order valence-corrected chi connectivity index (χ2v) is 8.78. The van der Waals surface area contributed by atoms with Crippen molar-refractivity contribution >= 4 is 15.7 Å². The number of azide groups is 1. The van der Waals surface area contributed by atoms with E-state index < -0.39 is 21.7 Å². The number of nitrogens with one attached hydrogen (secondary N) is 1. The van der Waals surface area contributed by atoms with E-state index in [-0.39, 0.29) is 4.90 Å². The second-order valence-electron chi connectivity index (χ2n) is 6.89. The Morgan fingerprint density at radius 2 is 1.88 bits per heavy atom. The number of hydrogen-bond acceptors (Lipinski definition) is 4. The fraction of sp³-hybridized carbons (Fsp3) is 0.333. The fourth-order valence-corrected chi connectivity index (χ4v) is 5.49. The van der Waals surface area contributed by atoms with E-state index in [1.165, 1.54) is 4.31 Å². The Bertz CT molecular complexity index is 1030. The molecular formula is C18H19N5O2S. The summed E-state index contributed by atoms with van der Waals surface area (Å²) in [6.45, 7) is 4.17. The first-order valence-corrected chi connectivity index (χ1v) is 9.85. The molecule has 0 saturated carbocycles. The fourth-order valence-electron chi connectivity index (χ4n) is 3.90. The molecule has 2 aromatic carbocycles. The largest absolute Gasteiger partial charge is 0.368 e. The average Bonchev–Trinajstić information content (AvgIpc) is 3.09. The highest BCUT2D eigenvalue weighted by atomic mass is 32.2. The third-order valence-corrected chi connectivity index (χ3v) is 7.12. The lowest BCUT2D eigenvalue weighted by Crippen LogP contribution is -2.45. The van der Waals surface area contributed by atoms with Crippen molar-refractivity contribution in [2.75, 3.05) is 11.9 Å². The van der Waals surface area contributed by atoms with Gasteiger partial charge in [0.05, 0.1) is 4.90 Å². The third-order valence-electron chi connectivity index (χ3n) is 5.24. The molecule has 0 aliphatic carbocycles. The minimum absolute atomic E-state index is 0.244. The normalized spacial score (nSPS) is 24.5. The van der Waals surface area contributed by atoms with Crippen molar-refractivity contribution < 1.29 is 8.42 Å². The minimum Gasteiger partial charge on any atom is -0.368 e. The molecule has 1 N–H and O–H groups in total. The summed E-state index contributed by atoms with van der Waals surface area (Å²) in [5.41, 5.74) is 12.0. The van der Waals surface area contributed by atoms with Crippen LogP contribution in [0.2, 0.25) is 0 Å². The SMILES string of the molecule is Cc1ccc(S(=O)(=O)N2CC[C@@]3(N=[N+]=[N-])c4ccc(C)cc4N[C@@H]23)cc1. The molecule has 0 amide bonds.